The maximum absolute atomic E-state index is 12.3. The van der Waals surface area contributed by atoms with Gasteiger partial charge in [-0.3, -0.25) is 0 Å². The smallest absolute Gasteiger partial charge is 0.241 e. The van der Waals surface area contributed by atoms with Crippen LogP contribution in [0.5, 0.6) is 0 Å². The molecule has 1 heterocycles. The van der Waals surface area contributed by atoms with Gasteiger partial charge in [-0.2, -0.15) is 0 Å². The third-order valence-corrected chi connectivity index (χ3v) is 4.45. The van der Waals surface area contributed by atoms with Crippen LogP contribution >= 0.6 is 0 Å². The zero-order valence-electron chi connectivity index (χ0n) is 11.3. The average molecular weight is 295 g/mol. The van der Waals surface area contributed by atoms with Crippen molar-refractivity contribution in [2.75, 3.05) is 0 Å². The highest BCUT2D eigenvalue weighted by molar-refractivity contribution is 7.89. The van der Waals surface area contributed by atoms with Gasteiger partial charge in [-0.15, -0.1) is 0 Å². The molecular formula is C14H17NO4S. The van der Waals surface area contributed by atoms with E-state index in [0.717, 1.165) is 5.76 Å². The molecular weight excluding hydrogens is 278 g/mol. The predicted molar refractivity (Wildman–Crippen MR) is 74.5 cm³/mol. The summed E-state index contributed by atoms with van der Waals surface area (Å²) in [7, 11) is -3.65. The molecule has 0 aliphatic heterocycles. The third kappa shape index (κ3) is 3.27. The minimum atomic E-state index is -3.65. The number of furan rings is 1. The van der Waals surface area contributed by atoms with Crippen molar-refractivity contribution in [3.05, 3.63) is 53.5 Å². The number of aryl methyl sites for hydroxylation is 1. The highest BCUT2D eigenvalue weighted by atomic mass is 32.2. The average Bonchev–Trinajstić information content (AvgIpc) is 2.85. The fourth-order valence-corrected chi connectivity index (χ4v) is 3.14. The Balaban J connectivity index is 2.22. The van der Waals surface area contributed by atoms with Crippen LogP contribution in [0.3, 0.4) is 0 Å². The Morgan fingerprint density at radius 2 is 2.05 bits per heavy atom. The molecule has 1 aromatic heterocycles. The second-order valence-electron chi connectivity index (χ2n) is 4.60. The summed E-state index contributed by atoms with van der Waals surface area (Å²) in [5.41, 5.74) is 0.550. The van der Waals surface area contributed by atoms with E-state index in [2.05, 4.69) is 4.72 Å². The molecule has 5 nitrogen and oxygen atoms in total. The molecule has 2 N–H and O–H groups in total. The number of hydrogen-bond donors (Lipinski definition) is 2. The standard InChI is InChI=1S/C14H17NO4S/c1-10-6-7-14(19-10)11(2)15-20(17,18)13-5-3-4-12(8-13)9-16/h3-8,11,15-16H,9H2,1-2H3. The molecule has 1 aromatic carbocycles. The normalized spacial score (nSPS) is 13.3. The van der Waals surface area contributed by atoms with Gasteiger partial charge in [0.25, 0.3) is 0 Å². The van der Waals surface area contributed by atoms with Crippen molar-refractivity contribution in [1.29, 1.82) is 0 Å². The molecule has 0 amide bonds. The van der Waals surface area contributed by atoms with E-state index in [1.54, 1.807) is 38.1 Å². The first kappa shape index (κ1) is 14.8. The van der Waals surface area contributed by atoms with Crippen molar-refractivity contribution in [3.63, 3.8) is 0 Å². The minimum absolute atomic E-state index is 0.124. The maximum atomic E-state index is 12.3. The number of aliphatic hydroxyl groups excluding tert-OH is 1. The second-order valence-corrected chi connectivity index (χ2v) is 6.31. The van der Waals surface area contributed by atoms with E-state index in [1.807, 2.05) is 0 Å². The van der Waals surface area contributed by atoms with Crippen LogP contribution in [-0.4, -0.2) is 13.5 Å². The molecule has 0 radical (unpaired) electrons. The Bertz CT molecular complexity index is 691. The highest BCUT2D eigenvalue weighted by Crippen LogP contribution is 2.19. The van der Waals surface area contributed by atoms with Crippen LogP contribution in [0.1, 0.15) is 30.0 Å². The lowest BCUT2D eigenvalue weighted by atomic mass is 10.2. The van der Waals surface area contributed by atoms with Crippen molar-refractivity contribution in [1.82, 2.24) is 4.72 Å². The SMILES string of the molecule is Cc1ccc(C(C)NS(=O)(=O)c2cccc(CO)c2)o1. The van der Waals surface area contributed by atoms with E-state index in [9.17, 15) is 8.42 Å². The molecule has 1 atom stereocenters. The van der Waals surface area contributed by atoms with Gasteiger partial charge in [-0.05, 0) is 43.7 Å². The zero-order valence-corrected chi connectivity index (χ0v) is 12.1. The lowest BCUT2D eigenvalue weighted by molar-refractivity contribution is 0.281. The van der Waals surface area contributed by atoms with Crippen molar-refractivity contribution < 1.29 is 17.9 Å². The highest BCUT2D eigenvalue weighted by Gasteiger charge is 2.20. The molecule has 2 rings (SSSR count). The van der Waals surface area contributed by atoms with E-state index >= 15 is 0 Å². The summed E-state index contributed by atoms with van der Waals surface area (Å²) in [6, 6.07) is 9.26. The zero-order chi connectivity index (χ0) is 14.8. The quantitative estimate of drug-likeness (QED) is 0.885. The van der Waals surface area contributed by atoms with Gasteiger partial charge < -0.3 is 9.52 Å². The van der Waals surface area contributed by atoms with Crippen molar-refractivity contribution in [2.45, 2.75) is 31.4 Å². The van der Waals surface area contributed by atoms with Gasteiger partial charge in [0.2, 0.25) is 10.0 Å². The van der Waals surface area contributed by atoms with Gasteiger partial charge in [-0.1, -0.05) is 12.1 Å². The fraction of sp³-hybridized carbons (Fsp3) is 0.286. The fourth-order valence-electron chi connectivity index (χ4n) is 1.86. The Labute approximate surface area is 118 Å². The maximum Gasteiger partial charge on any atom is 0.241 e. The molecule has 108 valence electrons. The van der Waals surface area contributed by atoms with Crippen LogP contribution in [0.15, 0.2) is 45.7 Å². The molecule has 0 aliphatic rings. The number of nitrogens with one attached hydrogen (secondary N) is 1. The number of hydrogen-bond acceptors (Lipinski definition) is 4. The van der Waals surface area contributed by atoms with Crippen LogP contribution in [-0.2, 0) is 16.6 Å². The van der Waals surface area contributed by atoms with E-state index in [4.69, 9.17) is 9.52 Å². The number of rotatable bonds is 5. The number of aliphatic hydroxyl groups is 1. The Kier molecular flexibility index (Phi) is 4.27. The van der Waals surface area contributed by atoms with E-state index in [-0.39, 0.29) is 11.5 Å². The lowest BCUT2D eigenvalue weighted by Gasteiger charge is -2.12. The first-order chi connectivity index (χ1) is 9.42. The van der Waals surface area contributed by atoms with Crippen LogP contribution in [0.4, 0.5) is 0 Å². The predicted octanol–water partition coefficient (Wildman–Crippen LogP) is 2.12. The van der Waals surface area contributed by atoms with E-state index in [0.29, 0.717) is 11.3 Å². The van der Waals surface area contributed by atoms with Gasteiger partial charge >= 0.3 is 0 Å². The summed E-state index contributed by atoms with van der Waals surface area (Å²) < 4.78 is 32.5. The van der Waals surface area contributed by atoms with Crippen molar-refractivity contribution in [3.8, 4) is 0 Å². The Morgan fingerprint density at radius 3 is 2.65 bits per heavy atom. The van der Waals surface area contributed by atoms with Crippen LogP contribution in [0.25, 0.3) is 0 Å². The van der Waals surface area contributed by atoms with Crippen LogP contribution in [0.2, 0.25) is 0 Å². The monoisotopic (exact) mass is 295 g/mol. The Morgan fingerprint density at radius 1 is 1.30 bits per heavy atom. The first-order valence-electron chi connectivity index (χ1n) is 6.21. The van der Waals surface area contributed by atoms with Crippen molar-refractivity contribution in [2.24, 2.45) is 0 Å². The number of sulfonamides is 1. The minimum Gasteiger partial charge on any atom is -0.465 e. The molecule has 20 heavy (non-hydrogen) atoms. The molecule has 2 aromatic rings. The summed E-state index contributed by atoms with van der Waals surface area (Å²) in [5, 5.41) is 9.06. The summed E-state index contributed by atoms with van der Waals surface area (Å²) in [6.07, 6.45) is 0. The first-order valence-corrected chi connectivity index (χ1v) is 7.69. The Hall–Kier alpha value is -1.63. The summed E-state index contributed by atoms with van der Waals surface area (Å²) >= 11 is 0. The molecule has 0 saturated carbocycles. The molecule has 0 fully saturated rings. The molecule has 0 bridgehead atoms. The lowest BCUT2D eigenvalue weighted by Crippen LogP contribution is -2.26. The largest absolute Gasteiger partial charge is 0.465 e. The van der Waals surface area contributed by atoms with Gasteiger partial charge in [0.15, 0.2) is 0 Å². The van der Waals surface area contributed by atoms with E-state index < -0.39 is 16.1 Å². The molecule has 0 saturated heterocycles. The molecule has 0 aliphatic carbocycles. The summed E-state index contributed by atoms with van der Waals surface area (Å²) in [4.78, 5) is 0.124. The van der Waals surface area contributed by atoms with Gasteiger partial charge in [0, 0.05) is 0 Å². The topological polar surface area (TPSA) is 79.5 Å². The summed E-state index contributed by atoms with van der Waals surface area (Å²) in [5.74, 6) is 1.29. The van der Waals surface area contributed by atoms with E-state index in [1.165, 1.54) is 12.1 Å². The van der Waals surface area contributed by atoms with Crippen LogP contribution < -0.4 is 4.72 Å². The third-order valence-electron chi connectivity index (χ3n) is 2.91. The molecule has 6 heteroatoms. The van der Waals surface area contributed by atoms with Gasteiger partial charge in [-0.25, -0.2) is 13.1 Å². The summed E-state index contributed by atoms with van der Waals surface area (Å²) in [6.45, 7) is 3.32. The molecule has 0 spiro atoms. The number of benzene rings is 1. The van der Waals surface area contributed by atoms with Crippen molar-refractivity contribution >= 4 is 10.0 Å². The van der Waals surface area contributed by atoms with Gasteiger partial charge in [0.1, 0.15) is 11.5 Å². The van der Waals surface area contributed by atoms with Gasteiger partial charge in [0.05, 0.1) is 17.5 Å². The molecule has 1 unspecified atom stereocenters. The second kappa shape index (κ2) is 5.78. The van der Waals surface area contributed by atoms with Crippen LogP contribution in [0, 0.1) is 6.92 Å².